The third kappa shape index (κ3) is 3.93. The summed E-state index contributed by atoms with van der Waals surface area (Å²) < 4.78 is 5.22. The maximum atomic E-state index is 11.7. The molecule has 1 aromatic carbocycles. The second kappa shape index (κ2) is 6.30. The highest BCUT2D eigenvalue weighted by Crippen LogP contribution is 2.26. The molecule has 0 aliphatic rings. The van der Waals surface area contributed by atoms with Gasteiger partial charge in [0, 0.05) is 23.1 Å². The summed E-state index contributed by atoms with van der Waals surface area (Å²) in [7, 11) is 0. The molecule has 0 saturated carbocycles. The van der Waals surface area contributed by atoms with Crippen LogP contribution in [-0.2, 0) is 17.6 Å². The van der Waals surface area contributed by atoms with E-state index in [0.29, 0.717) is 13.0 Å². The molecule has 1 amide bonds. The summed E-state index contributed by atoms with van der Waals surface area (Å²) in [4.78, 5) is 15.0. The van der Waals surface area contributed by atoms with Gasteiger partial charge in [-0.1, -0.05) is 6.92 Å². The number of amides is 1. The SMILES string of the molecule is CCc1[nH]c2ccc(O)cc2c1CCNC(=O)OC(C)(C)C. The first-order valence-corrected chi connectivity index (χ1v) is 7.59. The van der Waals surface area contributed by atoms with Crippen molar-refractivity contribution in [2.24, 2.45) is 0 Å². The van der Waals surface area contributed by atoms with Crippen LogP contribution in [0.5, 0.6) is 5.75 Å². The molecule has 3 N–H and O–H groups in total. The molecule has 0 atom stereocenters. The number of carbonyl (C=O) groups excluding carboxylic acids is 1. The molecule has 2 rings (SSSR count). The Labute approximate surface area is 130 Å². The Balaban J connectivity index is 2.08. The van der Waals surface area contributed by atoms with Crippen LogP contribution in [0, 0.1) is 0 Å². The van der Waals surface area contributed by atoms with Crippen molar-refractivity contribution in [2.45, 2.75) is 46.1 Å². The normalized spacial score (nSPS) is 11.6. The largest absolute Gasteiger partial charge is 0.508 e. The summed E-state index contributed by atoms with van der Waals surface area (Å²) in [6.45, 7) is 8.08. The quantitative estimate of drug-likeness (QED) is 0.809. The maximum Gasteiger partial charge on any atom is 0.407 e. The summed E-state index contributed by atoms with van der Waals surface area (Å²) in [5.74, 6) is 0.246. The topological polar surface area (TPSA) is 74.4 Å². The lowest BCUT2D eigenvalue weighted by Crippen LogP contribution is -2.33. The highest BCUT2D eigenvalue weighted by Gasteiger charge is 2.16. The van der Waals surface area contributed by atoms with Crippen LogP contribution in [0.25, 0.3) is 10.9 Å². The van der Waals surface area contributed by atoms with E-state index in [1.807, 2.05) is 26.8 Å². The first kappa shape index (κ1) is 16.2. The highest BCUT2D eigenvalue weighted by atomic mass is 16.6. The number of benzene rings is 1. The number of alkyl carbamates (subject to hydrolysis) is 1. The Morgan fingerprint density at radius 1 is 1.36 bits per heavy atom. The second-order valence-corrected chi connectivity index (χ2v) is 6.34. The van der Waals surface area contributed by atoms with Crippen LogP contribution in [0.15, 0.2) is 18.2 Å². The number of rotatable bonds is 4. The monoisotopic (exact) mass is 304 g/mol. The summed E-state index contributed by atoms with van der Waals surface area (Å²) in [6.07, 6.45) is 1.15. The van der Waals surface area contributed by atoms with Crippen LogP contribution in [0.1, 0.15) is 39.0 Å². The number of aromatic amines is 1. The number of phenolic OH excluding ortho intramolecular Hbond substituents is 1. The summed E-state index contributed by atoms with van der Waals surface area (Å²) in [5, 5.41) is 13.4. The van der Waals surface area contributed by atoms with E-state index in [2.05, 4.69) is 17.2 Å². The fraction of sp³-hybridized carbons (Fsp3) is 0.471. The number of nitrogens with one attached hydrogen (secondary N) is 2. The maximum absolute atomic E-state index is 11.7. The zero-order valence-corrected chi connectivity index (χ0v) is 13.6. The van der Waals surface area contributed by atoms with Gasteiger partial charge in [-0.3, -0.25) is 0 Å². The van der Waals surface area contributed by atoms with Crippen LogP contribution in [0.4, 0.5) is 4.79 Å². The molecule has 0 radical (unpaired) electrons. The first-order chi connectivity index (χ1) is 10.3. The lowest BCUT2D eigenvalue weighted by Gasteiger charge is -2.19. The molecule has 1 heterocycles. The third-order valence-corrected chi connectivity index (χ3v) is 3.37. The zero-order valence-electron chi connectivity index (χ0n) is 13.6. The highest BCUT2D eigenvalue weighted by molar-refractivity contribution is 5.86. The minimum absolute atomic E-state index is 0.246. The summed E-state index contributed by atoms with van der Waals surface area (Å²) >= 11 is 0. The van der Waals surface area contributed by atoms with Crippen LogP contribution in [0.3, 0.4) is 0 Å². The van der Waals surface area contributed by atoms with E-state index in [0.717, 1.165) is 28.6 Å². The second-order valence-electron chi connectivity index (χ2n) is 6.34. The molecule has 0 spiro atoms. The van der Waals surface area contributed by atoms with E-state index in [1.165, 1.54) is 0 Å². The van der Waals surface area contributed by atoms with Gasteiger partial charge in [-0.25, -0.2) is 4.79 Å². The molecule has 0 bridgehead atoms. The number of carbonyl (C=O) groups is 1. The third-order valence-electron chi connectivity index (χ3n) is 3.37. The number of aryl methyl sites for hydroxylation is 1. The molecule has 120 valence electrons. The fourth-order valence-corrected chi connectivity index (χ4v) is 2.48. The van der Waals surface area contributed by atoms with Crippen molar-refractivity contribution in [3.05, 3.63) is 29.5 Å². The summed E-state index contributed by atoms with van der Waals surface area (Å²) in [5.41, 5.74) is 2.77. The van der Waals surface area contributed by atoms with Crippen molar-refractivity contribution in [3.63, 3.8) is 0 Å². The number of ether oxygens (including phenoxy) is 1. The number of phenols is 1. The smallest absolute Gasteiger partial charge is 0.407 e. The van der Waals surface area contributed by atoms with E-state index in [9.17, 15) is 9.90 Å². The molecular weight excluding hydrogens is 280 g/mol. The first-order valence-electron chi connectivity index (χ1n) is 7.59. The molecule has 5 nitrogen and oxygen atoms in total. The van der Waals surface area contributed by atoms with E-state index in [-0.39, 0.29) is 5.75 Å². The Morgan fingerprint density at radius 2 is 2.09 bits per heavy atom. The number of hydrogen-bond donors (Lipinski definition) is 3. The molecule has 1 aromatic heterocycles. The minimum Gasteiger partial charge on any atom is -0.508 e. The number of aromatic nitrogens is 1. The van der Waals surface area contributed by atoms with Crippen LogP contribution >= 0.6 is 0 Å². The lowest BCUT2D eigenvalue weighted by molar-refractivity contribution is 0.0528. The van der Waals surface area contributed by atoms with E-state index in [4.69, 9.17) is 4.74 Å². The van der Waals surface area contributed by atoms with Gasteiger partial charge in [0.25, 0.3) is 0 Å². The average Bonchev–Trinajstić information content (AvgIpc) is 2.74. The van der Waals surface area contributed by atoms with Gasteiger partial charge in [0.1, 0.15) is 11.4 Å². The Hall–Kier alpha value is -2.17. The van der Waals surface area contributed by atoms with Gasteiger partial charge in [-0.15, -0.1) is 0 Å². The van der Waals surface area contributed by atoms with Crippen molar-refractivity contribution in [1.82, 2.24) is 10.3 Å². The molecular formula is C17H24N2O3. The van der Waals surface area contributed by atoms with Gasteiger partial charge in [-0.05, 0) is 57.4 Å². The number of fused-ring (bicyclic) bond motifs is 1. The van der Waals surface area contributed by atoms with Crippen LogP contribution < -0.4 is 5.32 Å². The van der Waals surface area contributed by atoms with E-state index < -0.39 is 11.7 Å². The van der Waals surface area contributed by atoms with Gasteiger partial charge in [0.15, 0.2) is 0 Å². The Morgan fingerprint density at radius 3 is 2.73 bits per heavy atom. The van der Waals surface area contributed by atoms with Gasteiger partial charge in [0.2, 0.25) is 0 Å². The molecule has 0 aliphatic carbocycles. The molecule has 5 heteroatoms. The lowest BCUT2D eigenvalue weighted by atomic mass is 10.1. The molecule has 0 aliphatic heterocycles. The van der Waals surface area contributed by atoms with Gasteiger partial charge < -0.3 is 20.1 Å². The van der Waals surface area contributed by atoms with Crippen molar-refractivity contribution < 1.29 is 14.6 Å². The molecule has 0 unspecified atom stereocenters. The van der Waals surface area contributed by atoms with Crippen LogP contribution in [-0.4, -0.2) is 28.3 Å². The van der Waals surface area contributed by atoms with Crippen LogP contribution in [0.2, 0.25) is 0 Å². The molecule has 2 aromatic rings. The van der Waals surface area contributed by atoms with E-state index in [1.54, 1.807) is 12.1 Å². The minimum atomic E-state index is -0.495. The number of H-pyrrole nitrogens is 1. The predicted molar refractivity (Wildman–Crippen MR) is 87.3 cm³/mol. The van der Waals surface area contributed by atoms with Crippen molar-refractivity contribution in [3.8, 4) is 5.75 Å². The average molecular weight is 304 g/mol. The fourth-order valence-electron chi connectivity index (χ4n) is 2.48. The molecule has 22 heavy (non-hydrogen) atoms. The molecule has 0 saturated heterocycles. The van der Waals surface area contributed by atoms with Gasteiger partial charge in [0.05, 0.1) is 0 Å². The van der Waals surface area contributed by atoms with Crippen molar-refractivity contribution in [1.29, 1.82) is 0 Å². The number of aromatic hydroxyl groups is 1. The Bertz CT molecular complexity index is 668. The van der Waals surface area contributed by atoms with Gasteiger partial charge in [-0.2, -0.15) is 0 Å². The summed E-state index contributed by atoms with van der Waals surface area (Å²) in [6, 6.07) is 5.30. The predicted octanol–water partition coefficient (Wildman–Crippen LogP) is 3.50. The molecule has 0 fully saturated rings. The van der Waals surface area contributed by atoms with E-state index >= 15 is 0 Å². The van der Waals surface area contributed by atoms with Gasteiger partial charge >= 0.3 is 6.09 Å². The van der Waals surface area contributed by atoms with Crippen molar-refractivity contribution >= 4 is 17.0 Å². The Kier molecular flexibility index (Phi) is 4.64. The van der Waals surface area contributed by atoms with Crippen molar-refractivity contribution in [2.75, 3.05) is 6.54 Å². The zero-order chi connectivity index (χ0) is 16.3. The standard InChI is InChI=1S/C17H24N2O3/c1-5-14-12(8-9-18-16(21)22-17(2,3)4)13-10-11(20)6-7-15(13)19-14/h6-7,10,19-20H,5,8-9H2,1-4H3,(H,18,21). The number of hydrogen-bond acceptors (Lipinski definition) is 3.